The molecule has 0 unspecified atom stereocenters. The van der Waals surface area contributed by atoms with Crippen molar-refractivity contribution in [2.24, 2.45) is 0 Å². The van der Waals surface area contributed by atoms with Gasteiger partial charge in [-0.3, -0.25) is 0 Å². The topological polar surface area (TPSA) is 29.3 Å². The number of hydrogen-bond donors (Lipinski definition) is 0. The Hall–Kier alpha value is -6.71. The van der Waals surface area contributed by atoms with Crippen LogP contribution in [0.15, 0.2) is 186 Å². The van der Waals surface area contributed by atoms with Gasteiger partial charge in [-0.25, -0.2) is 4.98 Å². The molecule has 2 aromatic heterocycles. The van der Waals surface area contributed by atoms with Gasteiger partial charge in [-0.1, -0.05) is 133 Å². The first kappa shape index (κ1) is 30.1. The molecule has 0 fully saturated rings. The summed E-state index contributed by atoms with van der Waals surface area (Å²) in [6.45, 7) is 1.61. The molecule has 1 aliphatic heterocycles. The van der Waals surface area contributed by atoms with Crippen LogP contribution in [0.4, 0.5) is 5.69 Å². The highest BCUT2D eigenvalue weighted by atomic mass is 16.3. The molecule has 0 N–H and O–H groups in total. The molecule has 0 amide bonds. The molecule has 52 heavy (non-hydrogen) atoms. The highest BCUT2D eigenvalue weighted by Crippen LogP contribution is 2.42. The normalized spacial score (nSPS) is 12.4. The second kappa shape index (κ2) is 12.6. The van der Waals surface area contributed by atoms with Gasteiger partial charge in [0.25, 0.3) is 0 Å². The number of furan rings is 1. The van der Waals surface area contributed by atoms with Crippen molar-refractivity contribution in [1.82, 2.24) is 4.98 Å². The summed E-state index contributed by atoms with van der Waals surface area (Å²) in [6.07, 6.45) is 0. The number of pyridine rings is 1. The van der Waals surface area contributed by atoms with Gasteiger partial charge < -0.3 is 9.32 Å². The molecule has 3 heteroatoms. The Labute approximate surface area is 303 Å². The van der Waals surface area contributed by atoms with E-state index in [9.17, 15) is 0 Å². The summed E-state index contributed by atoms with van der Waals surface area (Å²) < 4.78 is 6.28. The summed E-state index contributed by atoms with van der Waals surface area (Å²) >= 11 is 0. The van der Waals surface area contributed by atoms with E-state index in [1.165, 1.54) is 44.6 Å². The van der Waals surface area contributed by atoms with Gasteiger partial charge >= 0.3 is 0 Å². The lowest BCUT2D eigenvalue weighted by atomic mass is 9.90. The second-order valence-electron chi connectivity index (χ2n) is 13.6. The quantitative estimate of drug-likeness (QED) is 0.183. The van der Waals surface area contributed by atoms with Crippen LogP contribution >= 0.6 is 0 Å². The van der Waals surface area contributed by atoms with E-state index >= 15 is 0 Å². The zero-order valence-corrected chi connectivity index (χ0v) is 28.5. The Morgan fingerprint density at radius 2 is 1.04 bits per heavy atom. The average molecular weight is 667 g/mol. The van der Waals surface area contributed by atoms with Gasteiger partial charge in [-0.05, 0) is 93.0 Å². The molecule has 246 valence electrons. The highest BCUT2D eigenvalue weighted by Gasteiger charge is 2.22. The number of aromatic nitrogens is 1. The molecule has 0 aliphatic carbocycles. The predicted molar refractivity (Wildman–Crippen MR) is 215 cm³/mol. The standard InChI is InChI=1S/C49H34N2O/c1-4-13-33(14-5-1)45-29-38(30-46(50-45)34-15-6-2-7-16-34)35-23-24-37-31-51(40-17-8-3-9-18-40)32-39-27-36(25-26-41(39)44(37)28-35)42-20-12-22-48-49(42)43-19-10-11-21-47(43)52-48/h1-30H,31-32H2. The van der Waals surface area contributed by atoms with E-state index in [-0.39, 0.29) is 0 Å². The summed E-state index contributed by atoms with van der Waals surface area (Å²) in [5, 5.41) is 2.31. The number of para-hydroxylation sites is 2. The number of nitrogens with zero attached hydrogens (tertiary/aromatic N) is 2. The van der Waals surface area contributed by atoms with E-state index in [0.717, 1.165) is 63.1 Å². The first-order chi connectivity index (χ1) is 25.7. The van der Waals surface area contributed by atoms with Crippen molar-refractivity contribution in [3.63, 3.8) is 0 Å². The summed E-state index contributed by atoms with van der Waals surface area (Å²) in [7, 11) is 0. The zero-order valence-electron chi connectivity index (χ0n) is 28.5. The minimum absolute atomic E-state index is 0.797. The highest BCUT2D eigenvalue weighted by molar-refractivity contribution is 6.12. The summed E-state index contributed by atoms with van der Waals surface area (Å²) in [5.74, 6) is 0. The monoisotopic (exact) mass is 666 g/mol. The maximum Gasteiger partial charge on any atom is 0.136 e. The smallest absolute Gasteiger partial charge is 0.136 e. The molecule has 0 radical (unpaired) electrons. The van der Waals surface area contributed by atoms with Crippen LogP contribution < -0.4 is 4.90 Å². The maximum atomic E-state index is 6.28. The van der Waals surface area contributed by atoms with E-state index in [2.05, 4.69) is 181 Å². The Morgan fingerprint density at radius 3 is 1.79 bits per heavy atom. The van der Waals surface area contributed by atoms with E-state index in [1.807, 2.05) is 6.07 Å². The molecule has 0 atom stereocenters. The van der Waals surface area contributed by atoms with Gasteiger partial charge in [0.2, 0.25) is 0 Å². The number of anilines is 1. The van der Waals surface area contributed by atoms with Crippen molar-refractivity contribution in [3.8, 4) is 55.9 Å². The molecular formula is C49H34N2O. The van der Waals surface area contributed by atoms with Crippen LogP contribution in [0.5, 0.6) is 0 Å². The van der Waals surface area contributed by atoms with Gasteiger partial charge in [0.05, 0.1) is 11.4 Å². The summed E-state index contributed by atoms with van der Waals surface area (Å²) in [6, 6.07) is 65.0. The van der Waals surface area contributed by atoms with E-state index in [1.54, 1.807) is 0 Å². The van der Waals surface area contributed by atoms with Gasteiger partial charge in [0.1, 0.15) is 11.2 Å². The Bertz CT molecular complexity index is 2670. The van der Waals surface area contributed by atoms with Gasteiger partial charge in [-0.15, -0.1) is 0 Å². The predicted octanol–water partition coefficient (Wildman–Crippen LogP) is 12.8. The second-order valence-corrected chi connectivity index (χ2v) is 13.6. The largest absolute Gasteiger partial charge is 0.456 e. The van der Waals surface area contributed by atoms with Crippen LogP contribution in [0.25, 0.3) is 77.8 Å². The molecule has 0 saturated heterocycles. The van der Waals surface area contributed by atoms with Crippen LogP contribution in [0.2, 0.25) is 0 Å². The lowest BCUT2D eigenvalue weighted by Crippen LogP contribution is -2.20. The third kappa shape index (κ3) is 5.35. The summed E-state index contributed by atoms with van der Waals surface area (Å²) in [4.78, 5) is 7.64. The van der Waals surface area contributed by atoms with Crippen molar-refractivity contribution in [1.29, 1.82) is 0 Å². The van der Waals surface area contributed by atoms with Crippen molar-refractivity contribution >= 4 is 27.6 Å². The van der Waals surface area contributed by atoms with Crippen LogP contribution in [0, 0.1) is 0 Å². The molecular weight excluding hydrogens is 633 g/mol. The average Bonchev–Trinajstić information content (AvgIpc) is 3.52. The van der Waals surface area contributed by atoms with Gasteiger partial charge in [0, 0.05) is 40.7 Å². The van der Waals surface area contributed by atoms with Crippen LogP contribution in [-0.2, 0) is 13.1 Å². The number of fused-ring (bicyclic) bond motifs is 6. The lowest BCUT2D eigenvalue weighted by molar-refractivity contribution is 0.669. The summed E-state index contributed by atoms with van der Waals surface area (Å²) in [5.41, 5.74) is 17.0. The Morgan fingerprint density at radius 1 is 0.404 bits per heavy atom. The Balaban J connectivity index is 1.15. The van der Waals surface area contributed by atoms with Gasteiger partial charge in [-0.2, -0.15) is 0 Å². The van der Waals surface area contributed by atoms with Crippen LogP contribution in [0.1, 0.15) is 11.1 Å². The fraction of sp³-hybridized carbons (Fsp3) is 0.0408. The fourth-order valence-corrected chi connectivity index (χ4v) is 7.81. The molecule has 1 aliphatic rings. The molecule has 7 aromatic carbocycles. The molecule has 0 bridgehead atoms. The van der Waals surface area contributed by atoms with Crippen molar-refractivity contribution in [3.05, 3.63) is 193 Å². The third-order valence-electron chi connectivity index (χ3n) is 10.4. The molecule has 10 rings (SSSR count). The van der Waals surface area contributed by atoms with E-state index < -0.39 is 0 Å². The van der Waals surface area contributed by atoms with Crippen molar-refractivity contribution in [2.45, 2.75) is 13.1 Å². The van der Waals surface area contributed by atoms with Crippen molar-refractivity contribution in [2.75, 3.05) is 4.90 Å². The van der Waals surface area contributed by atoms with Crippen LogP contribution in [0.3, 0.4) is 0 Å². The first-order valence-corrected chi connectivity index (χ1v) is 17.9. The van der Waals surface area contributed by atoms with E-state index in [0.29, 0.717) is 0 Å². The minimum atomic E-state index is 0.797. The van der Waals surface area contributed by atoms with Gasteiger partial charge in [0.15, 0.2) is 0 Å². The number of rotatable bonds is 5. The maximum absolute atomic E-state index is 6.28. The number of hydrogen-bond acceptors (Lipinski definition) is 3. The van der Waals surface area contributed by atoms with Crippen molar-refractivity contribution < 1.29 is 4.42 Å². The first-order valence-electron chi connectivity index (χ1n) is 17.9. The fourth-order valence-electron chi connectivity index (χ4n) is 7.81. The molecule has 9 aromatic rings. The third-order valence-corrected chi connectivity index (χ3v) is 10.4. The zero-order chi connectivity index (χ0) is 34.4. The molecule has 3 heterocycles. The molecule has 3 nitrogen and oxygen atoms in total. The molecule has 0 saturated carbocycles. The minimum Gasteiger partial charge on any atom is -0.456 e. The number of benzene rings is 7. The Kier molecular flexibility index (Phi) is 7.28. The SMILES string of the molecule is c1ccc(-c2cc(-c3ccc4c(c3)-c3ccc(-c5cccc6oc7ccccc7c56)cc3CN(c3ccccc3)C4)cc(-c3ccccc3)n2)cc1. The lowest BCUT2D eigenvalue weighted by Gasteiger charge is -2.24. The van der Waals surface area contributed by atoms with E-state index in [4.69, 9.17) is 9.40 Å². The molecule has 0 spiro atoms. The van der Waals surface area contributed by atoms with Crippen LogP contribution in [-0.4, -0.2) is 4.98 Å².